The van der Waals surface area contributed by atoms with Gasteiger partial charge in [-0.1, -0.05) is 17.7 Å². The Kier molecular flexibility index (Phi) is 2.73. The predicted octanol–water partition coefficient (Wildman–Crippen LogP) is 3.81. The van der Waals surface area contributed by atoms with Gasteiger partial charge in [0, 0.05) is 24.7 Å². The lowest BCUT2D eigenvalue weighted by molar-refractivity contribution is 0.522. The van der Waals surface area contributed by atoms with Crippen molar-refractivity contribution in [3.63, 3.8) is 0 Å². The highest BCUT2D eigenvalue weighted by molar-refractivity contribution is 5.68. The summed E-state index contributed by atoms with van der Waals surface area (Å²) < 4.78 is 2.33. The van der Waals surface area contributed by atoms with Gasteiger partial charge in [-0.05, 0) is 44.7 Å². The van der Waals surface area contributed by atoms with E-state index in [1.165, 1.54) is 40.9 Å². The molecule has 2 heterocycles. The maximum atomic E-state index is 4.84. The van der Waals surface area contributed by atoms with Gasteiger partial charge in [-0.15, -0.1) is 0 Å². The van der Waals surface area contributed by atoms with Crippen LogP contribution in [0.2, 0.25) is 0 Å². The first kappa shape index (κ1) is 11.5. The van der Waals surface area contributed by atoms with Crippen molar-refractivity contribution in [2.45, 2.75) is 46.6 Å². The summed E-state index contributed by atoms with van der Waals surface area (Å²) >= 11 is 0. The average molecular weight is 240 g/mol. The van der Waals surface area contributed by atoms with E-state index in [2.05, 4.69) is 43.7 Å². The van der Waals surface area contributed by atoms with Crippen molar-refractivity contribution < 1.29 is 0 Å². The molecule has 0 atom stereocenters. The molecule has 2 aromatic rings. The first-order chi connectivity index (χ1) is 8.65. The smallest absolute Gasteiger partial charge is 0.109 e. The molecule has 3 rings (SSSR count). The van der Waals surface area contributed by atoms with Crippen LogP contribution in [0.3, 0.4) is 0 Å². The lowest BCUT2D eigenvalue weighted by atomic mass is 9.98. The first-order valence-corrected chi connectivity index (χ1v) is 6.79. The number of hydrogen-bond donors (Lipinski definition) is 0. The van der Waals surface area contributed by atoms with Crippen molar-refractivity contribution in [3.8, 4) is 11.3 Å². The van der Waals surface area contributed by atoms with Gasteiger partial charge in [0.1, 0.15) is 5.82 Å². The predicted molar refractivity (Wildman–Crippen MR) is 74.8 cm³/mol. The minimum absolute atomic E-state index is 1.13. The van der Waals surface area contributed by atoms with Crippen LogP contribution in [0.1, 0.15) is 35.4 Å². The van der Waals surface area contributed by atoms with Gasteiger partial charge in [0.05, 0.1) is 5.69 Å². The van der Waals surface area contributed by atoms with Crippen molar-refractivity contribution in [2.75, 3.05) is 0 Å². The maximum absolute atomic E-state index is 4.84. The molecule has 0 saturated heterocycles. The van der Waals surface area contributed by atoms with E-state index < -0.39 is 0 Å². The molecule has 0 bridgehead atoms. The normalized spacial score (nSPS) is 14.6. The molecule has 1 aromatic carbocycles. The Bertz CT molecular complexity index is 547. The summed E-state index contributed by atoms with van der Waals surface area (Å²) in [5.74, 6) is 1.26. The van der Waals surface area contributed by atoms with Crippen LogP contribution in [-0.2, 0) is 13.0 Å². The maximum Gasteiger partial charge on any atom is 0.109 e. The van der Waals surface area contributed by atoms with Crippen molar-refractivity contribution in [1.29, 1.82) is 0 Å². The van der Waals surface area contributed by atoms with E-state index in [4.69, 9.17) is 4.98 Å². The number of aromatic nitrogens is 2. The average Bonchev–Trinajstić information content (AvgIpc) is 2.70. The Morgan fingerprint density at radius 1 is 1.06 bits per heavy atom. The minimum Gasteiger partial charge on any atom is -0.334 e. The topological polar surface area (TPSA) is 17.8 Å². The number of rotatable bonds is 1. The summed E-state index contributed by atoms with van der Waals surface area (Å²) in [6.45, 7) is 7.66. The van der Waals surface area contributed by atoms with E-state index in [1.54, 1.807) is 0 Å². The van der Waals surface area contributed by atoms with Gasteiger partial charge in [0.2, 0.25) is 0 Å². The van der Waals surface area contributed by atoms with Crippen molar-refractivity contribution in [2.24, 2.45) is 0 Å². The van der Waals surface area contributed by atoms with Crippen LogP contribution in [-0.4, -0.2) is 9.55 Å². The molecular weight excluding hydrogens is 220 g/mol. The molecule has 0 fully saturated rings. The van der Waals surface area contributed by atoms with Crippen molar-refractivity contribution in [1.82, 2.24) is 9.55 Å². The van der Waals surface area contributed by atoms with Gasteiger partial charge in [0.15, 0.2) is 0 Å². The van der Waals surface area contributed by atoms with E-state index in [0.29, 0.717) is 0 Å². The lowest BCUT2D eigenvalue weighted by Gasteiger charge is -2.11. The standard InChI is InChI=1S/C16H20N2/c1-11-8-12(2)16(13(3)9-11)14-10-18-7-5-4-6-15(18)17-14/h8-10H,4-7H2,1-3H3. The van der Waals surface area contributed by atoms with Crippen LogP contribution in [0.5, 0.6) is 0 Å². The molecule has 1 aromatic heterocycles. The number of hydrogen-bond acceptors (Lipinski definition) is 1. The van der Waals surface area contributed by atoms with Crippen molar-refractivity contribution in [3.05, 3.63) is 40.8 Å². The Morgan fingerprint density at radius 3 is 2.44 bits per heavy atom. The van der Waals surface area contributed by atoms with Gasteiger partial charge in [-0.2, -0.15) is 0 Å². The number of nitrogens with zero attached hydrogens (tertiary/aromatic N) is 2. The largest absolute Gasteiger partial charge is 0.334 e. The van der Waals surface area contributed by atoms with E-state index >= 15 is 0 Å². The van der Waals surface area contributed by atoms with Crippen LogP contribution in [0, 0.1) is 20.8 Å². The molecule has 94 valence electrons. The second-order valence-electron chi connectivity index (χ2n) is 5.47. The molecule has 1 aliphatic heterocycles. The van der Waals surface area contributed by atoms with Gasteiger partial charge in [-0.3, -0.25) is 0 Å². The quantitative estimate of drug-likeness (QED) is 0.741. The highest BCUT2D eigenvalue weighted by Gasteiger charge is 2.15. The van der Waals surface area contributed by atoms with Gasteiger partial charge in [0.25, 0.3) is 0 Å². The summed E-state index contributed by atoms with van der Waals surface area (Å²) in [5.41, 5.74) is 6.48. The molecule has 0 radical (unpaired) electrons. The second kappa shape index (κ2) is 4.27. The van der Waals surface area contributed by atoms with E-state index in [-0.39, 0.29) is 0 Å². The van der Waals surface area contributed by atoms with Gasteiger partial charge < -0.3 is 4.57 Å². The fraction of sp³-hybridized carbons (Fsp3) is 0.438. The Hall–Kier alpha value is -1.57. The third-order valence-corrected chi connectivity index (χ3v) is 3.84. The number of imidazole rings is 1. The molecule has 0 spiro atoms. The molecule has 0 aliphatic carbocycles. The van der Waals surface area contributed by atoms with Crippen LogP contribution in [0.4, 0.5) is 0 Å². The summed E-state index contributed by atoms with van der Waals surface area (Å²) in [5, 5.41) is 0. The van der Waals surface area contributed by atoms with Crippen molar-refractivity contribution >= 4 is 0 Å². The monoisotopic (exact) mass is 240 g/mol. The summed E-state index contributed by atoms with van der Waals surface area (Å²) in [4.78, 5) is 4.84. The summed E-state index contributed by atoms with van der Waals surface area (Å²) in [7, 11) is 0. The van der Waals surface area contributed by atoms with Crippen LogP contribution in [0.25, 0.3) is 11.3 Å². The zero-order valence-corrected chi connectivity index (χ0v) is 11.5. The number of aryl methyl sites for hydroxylation is 5. The Balaban J connectivity index is 2.12. The molecule has 0 saturated carbocycles. The van der Waals surface area contributed by atoms with Crippen LogP contribution >= 0.6 is 0 Å². The van der Waals surface area contributed by atoms with Crippen LogP contribution < -0.4 is 0 Å². The zero-order chi connectivity index (χ0) is 12.7. The summed E-state index contributed by atoms with van der Waals surface area (Å²) in [6, 6.07) is 4.50. The number of benzene rings is 1. The Morgan fingerprint density at radius 2 is 1.78 bits per heavy atom. The fourth-order valence-corrected chi connectivity index (χ4v) is 3.12. The summed E-state index contributed by atoms with van der Waals surface area (Å²) in [6.07, 6.45) is 5.93. The molecule has 0 amide bonds. The van der Waals surface area contributed by atoms with E-state index in [0.717, 1.165) is 18.7 Å². The third kappa shape index (κ3) is 1.86. The first-order valence-electron chi connectivity index (χ1n) is 6.79. The molecule has 18 heavy (non-hydrogen) atoms. The van der Waals surface area contributed by atoms with Gasteiger partial charge in [-0.25, -0.2) is 4.98 Å². The molecular formula is C16H20N2. The number of fused-ring (bicyclic) bond motifs is 1. The fourth-order valence-electron chi connectivity index (χ4n) is 3.12. The Labute approximate surface area is 109 Å². The van der Waals surface area contributed by atoms with E-state index in [9.17, 15) is 0 Å². The third-order valence-electron chi connectivity index (χ3n) is 3.84. The second-order valence-corrected chi connectivity index (χ2v) is 5.47. The molecule has 2 heteroatoms. The van der Waals surface area contributed by atoms with Gasteiger partial charge >= 0.3 is 0 Å². The molecule has 1 aliphatic rings. The zero-order valence-electron chi connectivity index (χ0n) is 11.5. The van der Waals surface area contributed by atoms with Crippen LogP contribution in [0.15, 0.2) is 18.3 Å². The minimum atomic E-state index is 1.13. The SMILES string of the molecule is Cc1cc(C)c(-c2cn3c(n2)CCCC3)c(C)c1. The van der Waals surface area contributed by atoms with E-state index in [1.807, 2.05) is 0 Å². The highest BCUT2D eigenvalue weighted by atomic mass is 15.1. The highest BCUT2D eigenvalue weighted by Crippen LogP contribution is 2.29. The molecule has 0 N–H and O–H groups in total. The molecule has 2 nitrogen and oxygen atoms in total. The molecule has 0 unspecified atom stereocenters. The lowest BCUT2D eigenvalue weighted by Crippen LogP contribution is -2.08.